The molecule has 1 saturated carbocycles. The molecule has 16 heteroatoms. The van der Waals surface area contributed by atoms with Crippen molar-refractivity contribution in [3.05, 3.63) is 63.9 Å². The zero-order chi connectivity index (χ0) is 38.5. The number of imide groups is 1. The lowest BCUT2D eigenvalue weighted by Crippen LogP contribution is -2.45. The number of carbonyl (C=O) groups is 3. The first kappa shape index (κ1) is 36.8. The number of piperidine rings is 2. The predicted molar refractivity (Wildman–Crippen MR) is 210 cm³/mol. The maximum atomic E-state index is 13.4. The Morgan fingerprint density at radius 1 is 1.02 bits per heavy atom. The van der Waals surface area contributed by atoms with E-state index < -0.39 is 17.9 Å². The summed E-state index contributed by atoms with van der Waals surface area (Å²) in [6.07, 6.45) is 10.6. The molecule has 290 valence electrons. The van der Waals surface area contributed by atoms with Gasteiger partial charge in [-0.15, -0.1) is 0 Å². The molecule has 5 aromatic rings. The molecular weight excluding hydrogens is 724 g/mol. The Hall–Kier alpha value is -5.15. The van der Waals surface area contributed by atoms with Gasteiger partial charge in [0.2, 0.25) is 11.8 Å². The fourth-order valence-electron chi connectivity index (χ4n) is 8.92. The van der Waals surface area contributed by atoms with E-state index in [1.165, 1.54) is 4.68 Å². The van der Waals surface area contributed by atoms with Crippen molar-refractivity contribution in [3.63, 3.8) is 0 Å². The van der Waals surface area contributed by atoms with E-state index in [1.54, 1.807) is 36.5 Å². The number of hydrogen-bond donors (Lipinski definition) is 2. The molecule has 1 aliphatic carbocycles. The van der Waals surface area contributed by atoms with Crippen LogP contribution in [0.1, 0.15) is 73.9 Å². The van der Waals surface area contributed by atoms with Gasteiger partial charge in [-0.2, -0.15) is 10.2 Å². The first-order chi connectivity index (χ1) is 26.5. The molecular formula is C39H47ClN10O5. The number of para-hydroxylation sites is 1. The lowest BCUT2D eigenvalue weighted by molar-refractivity contribution is -0.135. The van der Waals surface area contributed by atoms with E-state index in [1.807, 2.05) is 24.3 Å². The molecule has 2 aliphatic heterocycles. The quantitative estimate of drug-likeness (QED) is 0.204. The molecule has 2 N–H and O–H groups in total. The summed E-state index contributed by atoms with van der Waals surface area (Å²) in [6, 6.07) is 9.73. The molecule has 3 amide bonds. The van der Waals surface area contributed by atoms with Crippen molar-refractivity contribution >= 4 is 62.6 Å². The zero-order valence-electron chi connectivity index (χ0n) is 31.6. The Morgan fingerprint density at radius 3 is 2.47 bits per heavy atom. The summed E-state index contributed by atoms with van der Waals surface area (Å²) >= 11 is 6.20. The SMILES string of the molecule is COc1cc2nn([C@H]3CC[C@H](CN(C)C4CCN(c5cccc6c5n(C)c(=O)n6C5CCC(=O)NC5=O)CC4)CC3)cc2cc1NC(=O)c1nn(C)cc1Cl. The van der Waals surface area contributed by atoms with Crippen molar-refractivity contribution in [1.82, 2.24) is 38.9 Å². The molecule has 0 bridgehead atoms. The van der Waals surface area contributed by atoms with Crippen molar-refractivity contribution in [2.24, 2.45) is 20.0 Å². The minimum absolute atomic E-state index is 0.151. The number of rotatable bonds is 9. The van der Waals surface area contributed by atoms with Crippen LogP contribution in [-0.4, -0.2) is 91.2 Å². The highest BCUT2D eigenvalue weighted by Gasteiger charge is 2.33. The smallest absolute Gasteiger partial charge is 0.329 e. The molecule has 3 aromatic heterocycles. The molecule has 55 heavy (non-hydrogen) atoms. The van der Waals surface area contributed by atoms with E-state index in [0.717, 1.165) is 85.8 Å². The standard InChI is InChI=1S/C39H47ClN10O5/c1-45(25-14-16-48(17-15-25)30-6-5-7-31-36(30)47(3)39(54)50(31)32-12-13-34(51)42-37(32)52)20-23-8-10-26(11-9-23)49-21-24-18-29(33(55-4)19-28(24)43-49)41-38(53)35-27(40)22-46(2)44-35/h5-7,18-19,21-23,25-26,32H,8-17,20H2,1-4H3,(H,41,53)(H,42,51,52)/t23-,26-,32?. The van der Waals surface area contributed by atoms with Crippen LogP contribution in [0.25, 0.3) is 21.9 Å². The van der Waals surface area contributed by atoms with Crippen LogP contribution in [0.15, 0.2) is 47.5 Å². The Balaban J connectivity index is 0.869. The molecule has 3 fully saturated rings. The van der Waals surface area contributed by atoms with Crippen LogP contribution in [0.5, 0.6) is 5.75 Å². The third-order valence-corrected chi connectivity index (χ3v) is 12.1. The van der Waals surface area contributed by atoms with Gasteiger partial charge in [-0.25, -0.2) is 4.79 Å². The third kappa shape index (κ3) is 6.99. The summed E-state index contributed by atoms with van der Waals surface area (Å²) in [4.78, 5) is 55.8. The molecule has 1 atom stereocenters. The van der Waals surface area contributed by atoms with Gasteiger partial charge in [0.15, 0.2) is 5.69 Å². The number of nitrogens with one attached hydrogen (secondary N) is 2. The van der Waals surface area contributed by atoms with E-state index in [0.29, 0.717) is 35.9 Å². The van der Waals surface area contributed by atoms with Crippen LogP contribution in [0, 0.1) is 5.92 Å². The number of hydrogen-bond acceptors (Lipinski definition) is 9. The molecule has 8 rings (SSSR count). The van der Waals surface area contributed by atoms with E-state index in [2.05, 4.69) is 49.5 Å². The number of amides is 3. The topological polar surface area (TPSA) is 154 Å². The second-order valence-electron chi connectivity index (χ2n) is 15.3. The minimum atomic E-state index is -0.699. The van der Waals surface area contributed by atoms with Gasteiger partial charge in [0, 0.05) is 70.0 Å². The molecule has 3 aliphatic rings. The van der Waals surface area contributed by atoms with Gasteiger partial charge in [-0.1, -0.05) is 17.7 Å². The summed E-state index contributed by atoms with van der Waals surface area (Å²) in [5, 5.41) is 15.6. The highest BCUT2D eigenvalue weighted by molar-refractivity contribution is 6.34. The van der Waals surface area contributed by atoms with Gasteiger partial charge >= 0.3 is 5.69 Å². The minimum Gasteiger partial charge on any atom is -0.494 e. The summed E-state index contributed by atoms with van der Waals surface area (Å²) < 4.78 is 12.4. The summed E-state index contributed by atoms with van der Waals surface area (Å²) in [6.45, 7) is 2.80. The van der Waals surface area contributed by atoms with Crippen molar-refractivity contribution in [2.45, 2.75) is 69.5 Å². The highest BCUT2D eigenvalue weighted by Crippen LogP contribution is 2.37. The fraction of sp³-hybridized carbons (Fsp3) is 0.487. The summed E-state index contributed by atoms with van der Waals surface area (Å²) in [5.41, 5.74) is 3.79. The number of fused-ring (bicyclic) bond motifs is 2. The maximum Gasteiger partial charge on any atom is 0.329 e. The average Bonchev–Trinajstić information content (AvgIpc) is 3.83. The highest BCUT2D eigenvalue weighted by atomic mass is 35.5. The van der Waals surface area contributed by atoms with Crippen LogP contribution < -0.4 is 26.0 Å². The average molecular weight is 771 g/mol. The Morgan fingerprint density at radius 2 is 1.78 bits per heavy atom. The Labute approximate surface area is 323 Å². The Bertz CT molecular complexity index is 2340. The van der Waals surface area contributed by atoms with E-state index in [9.17, 15) is 19.2 Å². The van der Waals surface area contributed by atoms with Crippen molar-refractivity contribution < 1.29 is 19.1 Å². The molecule has 5 heterocycles. The molecule has 1 unspecified atom stereocenters. The van der Waals surface area contributed by atoms with Gasteiger partial charge < -0.3 is 19.9 Å². The zero-order valence-corrected chi connectivity index (χ0v) is 32.4. The number of imidazole rings is 1. The van der Waals surface area contributed by atoms with Crippen LogP contribution in [0.4, 0.5) is 11.4 Å². The molecule has 0 radical (unpaired) electrons. The molecule has 0 spiro atoms. The van der Waals surface area contributed by atoms with Gasteiger partial charge in [0.1, 0.15) is 11.8 Å². The van der Waals surface area contributed by atoms with Crippen molar-refractivity contribution in [2.75, 3.05) is 44.0 Å². The second-order valence-corrected chi connectivity index (χ2v) is 15.7. The first-order valence-corrected chi connectivity index (χ1v) is 19.4. The van der Waals surface area contributed by atoms with Crippen LogP contribution in [-0.2, 0) is 23.7 Å². The fourth-order valence-corrected chi connectivity index (χ4v) is 9.18. The number of nitrogens with zero attached hydrogens (tertiary/aromatic N) is 8. The maximum absolute atomic E-state index is 13.4. The van der Waals surface area contributed by atoms with Crippen LogP contribution >= 0.6 is 11.6 Å². The lowest BCUT2D eigenvalue weighted by Gasteiger charge is -2.40. The number of aryl methyl sites for hydroxylation is 2. The Kier molecular flexibility index (Phi) is 9.92. The monoisotopic (exact) mass is 770 g/mol. The number of ether oxygens (including phenoxy) is 1. The third-order valence-electron chi connectivity index (χ3n) is 11.9. The number of methoxy groups -OCH3 is 1. The number of anilines is 2. The summed E-state index contributed by atoms with van der Waals surface area (Å²) in [5.74, 6) is 0.00161. The number of aromatic nitrogens is 6. The van der Waals surface area contributed by atoms with Crippen LogP contribution in [0.3, 0.4) is 0 Å². The van der Waals surface area contributed by atoms with Gasteiger partial charge in [0.05, 0.1) is 46.1 Å². The van der Waals surface area contributed by atoms with Crippen LogP contribution in [0.2, 0.25) is 5.02 Å². The van der Waals surface area contributed by atoms with Gasteiger partial charge in [-0.3, -0.25) is 38.2 Å². The van der Waals surface area contributed by atoms with E-state index in [4.69, 9.17) is 21.4 Å². The van der Waals surface area contributed by atoms with Gasteiger partial charge in [-0.05, 0) is 76.1 Å². The second kappa shape index (κ2) is 14.8. The normalized spacial score (nSPS) is 21.1. The lowest BCUT2D eigenvalue weighted by atomic mass is 9.85. The van der Waals surface area contributed by atoms with E-state index >= 15 is 0 Å². The predicted octanol–water partition coefficient (Wildman–Crippen LogP) is 4.65. The van der Waals surface area contributed by atoms with Gasteiger partial charge in [0.25, 0.3) is 5.91 Å². The number of carbonyl (C=O) groups excluding carboxylic acids is 3. The molecule has 15 nitrogen and oxygen atoms in total. The van der Waals surface area contributed by atoms with Crippen molar-refractivity contribution in [3.8, 4) is 5.75 Å². The first-order valence-electron chi connectivity index (χ1n) is 19.0. The molecule has 2 aromatic carbocycles. The summed E-state index contributed by atoms with van der Waals surface area (Å²) in [7, 11) is 7.30. The van der Waals surface area contributed by atoms with Crippen molar-refractivity contribution in [1.29, 1.82) is 0 Å². The number of halogens is 1. The molecule has 2 saturated heterocycles. The largest absolute Gasteiger partial charge is 0.494 e. The number of benzene rings is 2. The van der Waals surface area contributed by atoms with E-state index in [-0.39, 0.29) is 28.7 Å².